The van der Waals surface area contributed by atoms with Crippen LogP contribution in [0.2, 0.25) is 0 Å². The van der Waals surface area contributed by atoms with Gasteiger partial charge in [0.25, 0.3) is 0 Å². The van der Waals surface area contributed by atoms with Crippen LogP contribution in [0.1, 0.15) is 53.4 Å². The van der Waals surface area contributed by atoms with Crippen LogP contribution in [0.15, 0.2) is 0 Å². The van der Waals surface area contributed by atoms with E-state index in [1.165, 1.54) is 12.8 Å². The van der Waals surface area contributed by atoms with E-state index in [2.05, 4.69) is 24.2 Å². The number of likely N-dealkylation sites (tertiary alicyclic amines) is 2. The Morgan fingerprint density at radius 3 is 2.19 bits per heavy atom. The van der Waals surface area contributed by atoms with Crippen molar-refractivity contribution in [2.45, 2.75) is 53.4 Å². The Morgan fingerprint density at radius 1 is 1.12 bits per heavy atom. The molecule has 26 heavy (non-hydrogen) atoms. The van der Waals surface area contributed by atoms with Crippen LogP contribution in [0.25, 0.3) is 0 Å². The lowest BCUT2D eigenvalue weighted by molar-refractivity contribution is -0.126. The van der Waals surface area contributed by atoms with Crippen LogP contribution in [-0.4, -0.2) is 75.1 Å². The van der Waals surface area contributed by atoms with Gasteiger partial charge in [-0.3, -0.25) is 9.59 Å². The van der Waals surface area contributed by atoms with Crippen molar-refractivity contribution in [3.63, 3.8) is 0 Å². The molecule has 0 aromatic rings. The minimum atomic E-state index is 0.197. The molecule has 0 saturated carbocycles. The zero-order valence-electron chi connectivity index (χ0n) is 17.6. The average molecular weight is 372 g/mol. The minimum Gasteiger partial charge on any atom is -0.380 e. The zero-order valence-corrected chi connectivity index (χ0v) is 17.6. The molecule has 2 rings (SSSR count). The molecule has 0 aromatic carbocycles. The Labute approximate surface area is 160 Å². The fourth-order valence-corrected chi connectivity index (χ4v) is 2.94. The molecule has 6 heteroatoms. The first-order valence-electron chi connectivity index (χ1n) is 10.3. The molecule has 2 heterocycles. The number of carbonyl (C=O) groups is 2. The highest BCUT2D eigenvalue weighted by Crippen LogP contribution is 2.15. The third-order valence-electron chi connectivity index (χ3n) is 4.81. The molecule has 6 nitrogen and oxygen atoms in total. The summed E-state index contributed by atoms with van der Waals surface area (Å²) in [6, 6.07) is 0. The summed E-state index contributed by atoms with van der Waals surface area (Å²) in [6.45, 7) is 14.2. The number of carbonyl (C=O) groups excluding carboxylic acids is 2. The number of hydrogen-bond donors (Lipinski definition) is 1. The van der Waals surface area contributed by atoms with Gasteiger partial charge in [-0.05, 0) is 58.7 Å². The maximum Gasteiger partial charge on any atom is 0.223 e. The van der Waals surface area contributed by atoms with E-state index in [0.29, 0.717) is 19.8 Å². The predicted molar refractivity (Wildman–Crippen MR) is 107 cm³/mol. The van der Waals surface area contributed by atoms with Gasteiger partial charge in [-0.25, -0.2) is 0 Å². The minimum absolute atomic E-state index is 0.197. The van der Waals surface area contributed by atoms with Gasteiger partial charge < -0.3 is 19.9 Å². The van der Waals surface area contributed by atoms with Gasteiger partial charge in [-0.15, -0.1) is 0 Å². The first kappa shape index (κ1) is 24.9. The van der Waals surface area contributed by atoms with Crippen molar-refractivity contribution in [2.24, 2.45) is 11.8 Å². The van der Waals surface area contributed by atoms with Crippen molar-refractivity contribution < 1.29 is 14.3 Å². The summed E-state index contributed by atoms with van der Waals surface area (Å²) < 4.78 is 5.17. The van der Waals surface area contributed by atoms with Crippen molar-refractivity contribution >= 4 is 12.3 Å². The van der Waals surface area contributed by atoms with E-state index in [1.807, 2.05) is 25.7 Å². The summed E-state index contributed by atoms with van der Waals surface area (Å²) in [5.74, 6) is 1.23. The van der Waals surface area contributed by atoms with Crippen LogP contribution in [0.3, 0.4) is 0 Å². The molecular weight excluding hydrogens is 330 g/mol. The van der Waals surface area contributed by atoms with E-state index >= 15 is 0 Å². The van der Waals surface area contributed by atoms with Gasteiger partial charge >= 0.3 is 0 Å². The van der Waals surface area contributed by atoms with E-state index in [-0.39, 0.29) is 11.8 Å². The number of ether oxygens (including phenoxy) is 1. The highest BCUT2D eigenvalue weighted by atomic mass is 16.5. The normalized spacial score (nSPS) is 18.9. The molecule has 1 N–H and O–H groups in total. The first-order valence-corrected chi connectivity index (χ1v) is 10.3. The Hall–Kier alpha value is -1.14. The van der Waals surface area contributed by atoms with Gasteiger partial charge in [-0.1, -0.05) is 20.8 Å². The fraction of sp³-hybridized carbons (Fsp3) is 0.900. The van der Waals surface area contributed by atoms with Crippen molar-refractivity contribution in [1.29, 1.82) is 0 Å². The number of rotatable bonds is 6. The van der Waals surface area contributed by atoms with Gasteiger partial charge in [0.15, 0.2) is 0 Å². The number of nitrogens with zero attached hydrogens (tertiary/aromatic N) is 2. The second-order valence-corrected chi connectivity index (χ2v) is 6.89. The first-order chi connectivity index (χ1) is 12.6. The van der Waals surface area contributed by atoms with E-state index in [1.54, 1.807) is 0 Å². The SMILES string of the molecule is CC.CC1CCN(C=O)CC1.CCOCCNC(=O)C1CCN(C)CC1. The second kappa shape index (κ2) is 16.1. The Morgan fingerprint density at radius 2 is 1.69 bits per heavy atom. The predicted octanol–water partition coefficient (Wildman–Crippen LogP) is 2.38. The lowest BCUT2D eigenvalue weighted by Gasteiger charge is -2.28. The van der Waals surface area contributed by atoms with Gasteiger partial charge in [0.2, 0.25) is 12.3 Å². The van der Waals surface area contributed by atoms with Crippen LogP contribution in [0.5, 0.6) is 0 Å². The van der Waals surface area contributed by atoms with Crippen molar-refractivity contribution in [3.05, 3.63) is 0 Å². The summed E-state index contributed by atoms with van der Waals surface area (Å²) in [5, 5.41) is 2.92. The number of nitrogens with one attached hydrogen (secondary N) is 1. The number of amides is 2. The molecule has 0 radical (unpaired) electrons. The summed E-state index contributed by atoms with van der Waals surface area (Å²) in [4.78, 5) is 26.0. The average Bonchev–Trinajstić information content (AvgIpc) is 2.68. The van der Waals surface area contributed by atoms with Crippen molar-refractivity contribution in [1.82, 2.24) is 15.1 Å². The number of piperidine rings is 2. The van der Waals surface area contributed by atoms with E-state index in [9.17, 15) is 9.59 Å². The van der Waals surface area contributed by atoms with Gasteiger partial charge in [0.05, 0.1) is 6.61 Å². The van der Waals surface area contributed by atoms with Gasteiger partial charge in [0.1, 0.15) is 0 Å². The molecule has 0 bridgehead atoms. The zero-order chi connectivity index (χ0) is 19.8. The Bertz CT molecular complexity index is 350. The summed E-state index contributed by atoms with van der Waals surface area (Å²) in [7, 11) is 2.10. The molecular formula is C20H41N3O3. The highest BCUT2D eigenvalue weighted by Gasteiger charge is 2.22. The summed E-state index contributed by atoms with van der Waals surface area (Å²) in [6.07, 6.45) is 5.28. The third-order valence-corrected chi connectivity index (χ3v) is 4.81. The molecule has 2 aliphatic heterocycles. The van der Waals surface area contributed by atoms with Crippen LogP contribution >= 0.6 is 0 Å². The van der Waals surface area contributed by atoms with E-state index in [0.717, 1.165) is 51.3 Å². The fourth-order valence-electron chi connectivity index (χ4n) is 2.94. The topological polar surface area (TPSA) is 61.9 Å². The molecule has 0 unspecified atom stereocenters. The molecule has 2 amide bonds. The monoisotopic (exact) mass is 371 g/mol. The van der Waals surface area contributed by atoms with E-state index < -0.39 is 0 Å². The van der Waals surface area contributed by atoms with Gasteiger partial charge in [0, 0.05) is 32.2 Å². The largest absolute Gasteiger partial charge is 0.380 e. The van der Waals surface area contributed by atoms with Gasteiger partial charge in [-0.2, -0.15) is 0 Å². The maximum absolute atomic E-state index is 11.7. The van der Waals surface area contributed by atoms with Crippen LogP contribution in [0.4, 0.5) is 0 Å². The molecule has 0 aliphatic carbocycles. The van der Waals surface area contributed by atoms with Crippen LogP contribution in [0, 0.1) is 11.8 Å². The molecule has 0 spiro atoms. The second-order valence-electron chi connectivity index (χ2n) is 6.89. The molecule has 0 atom stereocenters. The third kappa shape index (κ3) is 11.5. The van der Waals surface area contributed by atoms with Crippen LogP contribution in [-0.2, 0) is 14.3 Å². The Balaban J connectivity index is 0.000000484. The number of hydrogen-bond acceptors (Lipinski definition) is 4. The lowest BCUT2D eigenvalue weighted by Crippen LogP contribution is -2.39. The molecule has 2 aliphatic rings. The van der Waals surface area contributed by atoms with Crippen LogP contribution < -0.4 is 5.32 Å². The van der Waals surface area contributed by atoms with Crippen molar-refractivity contribution in [3.8, 4) is 0 Å². The summed E-state index contributed by atoms with van der Waals surface area (Å²) >= 11 is 0. The summed E-state index contributed by atoms with van der Waals surface area (Å²) in [5.41, 5.74) is 0. The molecule has 2 saturated heterocycles. The maximum atomic E-state index is 11.7. The highest BCUT2D eigenvalue weighted by molar-refractivity contribution is 5.78. The quantitative estimate of drug-likeness (QED) is 0.575. The standard InChI is InChI=1S/C11H22N2O2.C7H13NO.C2H6/c1-3-15-9-6-12-11(14)10-4-7-13(2)8-5-10;1-7-2-4-8(6-9)5-3-7;1-2/h10H,3-9H2,1-2H3,(H,12,14);6-7H,2-5H2,1H3;1-2H3. The molecule has 154 valence electrons. The lowest BCUT2D eigenvalue weighted by atomic mass is 9.96. The smallest absolute Gasteiger partial charge is 0.223 e. The Kier molecular flexibility index (Phi) is 15.4. The van der Waals surface area contributed by atoms with Crippen molar-refractivity contribution in [2.75, 3.05) is 53.0 Å². The molecule has 2 fully saturated rings. The van der Waals surface area contributed by atoms with E-state index in [4.69, 9.17) is 4.74 Å². The molecule has 0 aromatic heterocycles.